The van der Waals surface area contributed by atoms with Gasteiger partial charge in [-0.15, -0.1) is 47.0 Å². The molecule has 6 aromatic rings. The van der Waals surface area contributed by atoms with Crippen molar-refractivity contribution >= 4 is 127 Å². The van der Waals surface area contributed by atoms with Gasteiger partial charge in [-0.25, -0.2) is 0 Å². The highest BCUT2D eigenvalue weighted by Crippen LogP contribution is 2.41. The Kier molecular flexibility index (Phi) is 29.3. The van der Waals surface area contributed by atoms with Crippen molar-refractivity contribution in [2.75, 3.05) is 0 Å². The van der Waals surface area contributed by atoms with E-state index in [0.29, 0.717) is 6.61 Å². The van der Waals surface area contributed by atoms with Crippen molar-refractivity contribution in [2.45, 2.75) is 265 Å². The first-order valence-electron chi connectivity index (χ1n) is 29.9. The summed E-state index contributed by atoms with van der Waals surface area (Å²) < 4.78 is -0.250. The fraction of sp³-hybridized carbons (Fsp3) is 0.520. The number of thioether (sulfide) groups is 4. The van der Waals surface area contributed by atoms with Crippen molar-refractivity contribution in [1.82, 2.24) is 0 Å². The third kappa shape index (κ3) is 27.3. The van der Waals surface area contributed by atoms with Gasteiger partial charge in [-0.2, -0.15) is 0 Å². The van der Waals surface area contributed by atoms with Crippen LogP contribution in [0.25, 0.3) is 0 Å². The minimum Gasteiger partial charge on any atom is -0.442 e. The highest BCUT2D eigenvalue weighted by Gasteiger charge is 2.25. The molecule has 86 heavy (non-hydrogen) atoms. The first-order chi connectivity index (χ1) is 38.5. The van der Waals surface area contributed by atoms with Crippen LogP contribution in [0.1, 0.15) is 245 Å². The van der Waals surface area contributed by atoms with Crippen LogP contribution in [-0.2, 0) is 78.3 Å². The minimum absolute atomic E-state index is 0. The summed E-state index contributed by atoms with van der Waals surface area (Å²) >= 11 is 23.9. The standard InChI is InChI=1S/C37H51BrS2.C37H52OS2.CBr4.FH.H2/c2*1-34(2,3)28-13-26(14-29(19-28)35(4,5)6)23-39-32-17-25(22-38)18-33(21-32)40-24-27-15-30(36(7,8)9)20-31(16-27)37(10,11)12;2-1(3,4)5;;/h13-21H,22-24H2,1-12H3;13-21,38H,22-24H2,1-12H3;;2*1H/p+1/i;;;;1+2. The molecule has 0 saturated carbocycles. The number of hydrogen-bond acceptors (Lipinski definition) is 4. The molecule has 0 amide bonds. The lowest BCUT2D eigenvalue weighted by molar-refractivity contribution is 0.281. The molecule has 0 saturated heterocycles. The zero-order valence-electron chi connectivity index (χ0n) is 56.6. The number of benzene rings is 6. The second kappa shape index (κ2) is 31.8. The van der Waals surface area contributed by atoms with E-state index in [-0.39, 0.29) is 50.5 Å². The first kappa shape index (κ1) is 79.2. The summed E-state index contributed by atoms with van der Waals surface area (Å²) in [5.74, 6) is 3.82. The van der Waals surface area contributed by atoms with E-state index in [1.165, 1.54) is 91.9 Å². The smallest absolute Gasteiger partial charge is 0.189 e. The van der Waals surface area contributed by atoms with E-state index in [1.807, 2.05) is 47.0 Å². The van der Waals surface area contributed by atoms with E-state index in [4.69, 9.17) is 5.11 Å². The van der Waals surface area contributed by atoms with Gasteiger partial charge < -0.3 is 5.11 Å². The maximum absolute atomic E-state index is 8.10. The average molecular weight is 1570 g/mol. The summed E-state index contributed by atoms with van der Waals surface area (Å²) in [7, 11) is 0. The summed E-state index contributed by atoms with van der Waals surface area (Å²) in [5, 5.41) is 8.97. The molecule has 0 spiro atoms. The maximum atomic E-state index is 8.10. The van der Waals surface area contributed by atoms with Gasteiger partial charge in [0.25, 0.3) is 0 Å². The van der Waals surface area contributed by atoms with E-state index in [1.54, 1.807) is 0 Å². The number of halogens is 6. The van der Waals surface area contributed by atoms with Gasteiger partial charge in [-0.1, -0.05) is 255 Å². The molecular weight excluding hydrogens is 1460 g/mol. The Morgan fingerprint density at radius 3 is 0.581 bits per heavy atom. The molecule has 6 rings (SSSR count). The Morgan fingerprint density at radius 1 is 0.279 bits per heavy atom. The van der Waals surface area contributed by atoms with Crippen molar-refractivity contribution in [2.24, 2.45) is 0 Å². The second-order valence-electron chi connectivity index (χ2n) is 31.2. The Balaban J connectivity index is 0.000000539. The predicted octanol–water partition coefficient (Wildman–Crippen LogP) is 26.6. The molecule has 0 unspecified atom stereocenters. The molecule has 478 valence electrons. The van der Waals surface area contributed by atoms with E-state index in [2.05, 4.69) is 355 Å². The van der Waals surface area contributed by atoms with Crippen LogP contribution in [0.3, 0.4) is 0 Å². The summed E-state index contributed by atoms with van der Waals surface area (Å²) in [5.41, 5.74) is 20.3. The SMILES string of the molecule is BrC(Br)(Br)Br.CC(C)(C)c1cc(CSc2cc(CBr)cc(SCc3cc(C(C)(C)C)cc(C(C)(C)C)c3)c2)cc(C(C)(C)C)c1.CC(C)(C)c1cc(CSc2cc(C[OH2+])cc(SCc3cc(C(C)(C)C)cc(C(C)(C)C)c3)c2)cc(C(C)(C)C)c1.F.[3HH]. The van der Waals surface area contributed by atoms with Crippen LogP contribution in [0.2, 0.25) is 0 Å². The fourth-order valence-corrected chi connectivity index (χ4v) is 13.3. The fourth-order valence-electron chi connectivity index (χ4n) is 9.01. The largest absolute Gasteiger partial charge is 0.442 e. The zero-order chi connectivity index (χ0) is 64.7. The third-order valence-electron chi connectivity index (χ3n) is 14.8. The van der Waals surface area contributed by atoms with Gasteiger partial charge >= 0.3 is 0 Å². The Hall–Kier alpha value is -0.990. The second-order valence-corrected chi connectivity index (χ2v) is 47.1. The van der Waals surface area contributed by atoms with Crippen LogP contribution in [0.5, 0.6) is 0 Å². The van der Waals surface area contributed by atoms with Crippen molar-refractivity contribution in [3.8, 4) is 0 Å². The topological polar surface area (TPSA) is 22.9 Å². The molecule has 0 aliphatic heterocycles. The number of hydrogen-bond donors (Lipinski definition) is 0. The quantitative estimate of drug-likeness (QED) is 0.0616. The lowest BCUT2D eigenvalue weighted by atomic mass is 9.80. The normalized spacial score (nSPS) is 12.9. The van der Waals surface area contributed by atoms with Gasteiger partial charge in [-0.3, -0.25) is 4.70 Å². The molecule has 6 aromatic carbocycles. The van der Waals surface area contributed by atoms with Gasteiger partial charge in [0.15, 0.2) is 7.66 Å². The molecule has 0 aromatic heterocycles. The summed E-state index contributed by atoms with van der Waals surface area (Å²) in [6.07, 6.45) is 0. The van der Waals surface area contributed by atoms with Crippen LogP contribution in [-0.4, -0.2) is 6.16 Å². The highest BCUT2D eigenvalue weighted by atomic mass is 80.0. The molecule has 11 heteroatoms. The van der Waals surface area contributed by atoms with E-state index >= 15 is 0 Å². The van der Waals surface area contributed by atoms with Crippen molar-refractivity contribution in [3.05, 3.63) is 187 Å². The molecule has 0 fully saturated rings. The number of alkyl halides is 5. The van der Waals surface area contributed by atoms with Crippen LogP contribution < -0.4 is 0 Å². The molecule has 0 aliphatic rings. The lowest BCUT2D eigenvalue weighted by Crippen LogP contribution is -2.17. The predicted molar refractivity (Wildman–Crippen MR) is 410 cm³/mol. The maximum Gasteiger partial charge on any atom is 0.189 e. The molecule has 0 radical (unpaired) electrons. The van der Waals surface area contributed by atoms with Crippen molar-refractivity contribution in [1.29, 1.82) is 0 Å². The average Bonchev–Trinajstić information content (AvgIpc) is 3.27. The van der Waals surface area contributed by atoms with Crippen LogP contribution >= 0.6 is 127 Å². The van der Waals surface area contributed by atoms with Crippen LogP contribution in [0.15, 0.2) is 129 Å². The lowest BCUT2D eigenvalue weighted by Gasteiger charge is -2.26. The van der Waals surface area contributed by atoms with Crippen LogP contribution in [0.4, 0.5) is 4.70 Å². The van der Waals surface area contributed by atoms with E-state index < -0.39 is 0 Å². The van der Waals surface area contributed by atoms with Crippen molar-refractivity contribution < 1.29 is 11.2 Å². The number of rotatable bonds is 14. The molecule has 0 heterocycles. The monoisotopic (exact) mass is 1570 g/mol. The van der Waals surface area contributed by atoms with E-state index in [9.17, 15) is 0 Å². The molecule has 0 bridgehead atoms. The summed E-state index contributed by atoms with van der Waals surface area (Å²) in [6.45, 7) is 55.7. The summed E-state index contributed by atoms with van der Waals surface area (Å²) in [6, 6.07) is 42.7. The molecule has 0 atom stereocenters. The molecule has 2 N–H and O–H groups in total. The van der Waals surface area contributed by atoms with Gasteiger partial charge in [0.2, 0.25) is 0 Å². The Labute approximate surface area is 584 Å². The van der Waals surface area contributed by atoms with Crippen LogP contribution in [0, 0.1) is 0 Å². The highest BCUT2D eigenvalue weighted by molar-refractivity contribution is 9.52. The van der Waals surface area contributed by atoms with Gasteiger partial charge in [0, 0.05) is 54.9 Å². The van der Waals surface area contributed by atoms with Crippen molar-refractivity contribution in [3.63, 3.8) is 0 Å². The molecule has 1 nitrogen and oxygen atoms in total. The van der Waals surface area contributed by atoms with Gasteiger partial charge in [-0.05, 0) is 216 Å². The minimum atomic E-state index is -0.250. The molecular formula is C75H107Br5FOS4+. The van der Waals surface area contributed by atoms with E-state index in [0.717, 1.165) is 33.9 Å². The zero-order valence-corrected chi connectivity index (χ0v) is 67.8. The summed E-state index contributed by atoms with van der Waals surface area (Å²) in [4.78, 5) is 5.20. The van der Waals surface area contributed by atoms with Gasteiger partial charge in [0.1, 0.15) is 0 Å². The first-order valence-corrected chi connectivity index (χ1v) is 38.1. The Bertz CT molecular complexity index is 2630. The third-order valence-corrected chi connectivity index (χ3v) is 19.6. The molecule has 0 aliphatic carbocycles. The van der Waals surface area contributed by atoms with Gasteiger partial charge in [0.05, 0.1) is 0 Å². The Morgan fingerprint density at radius 2 is 0.442 bits per heavy atom.